The van der Waals surface area contributed by atoms with Gasteiger partial charge >= 0.3 is 0 Å². The Morgan fingerprint density at radius 3 is 2.92 bits per heavy atom. The normalized spacial score (nSPS) is 9.00. The predicted octanol–water partition coefficient (Wildman–Crippen LogP) is 0.733. The van der Waals surface area contributed by atoms with E-state index in [1.807, 2.05) is 18.0 Å². The fraction of sp³-hybridized carbons (Fsp3) is 0.222. The van der Waals surface area contributed by atoms with Gasteiger partial charge in [0, 0.05) is 7.05 Å². The Morgan fingerprint density at radius 1 is 1.67 bits per heavy atom. The van der Waals surface area contributed by atoms with Crippen LogP contribution in [0.15, 0.2) is 18.3 Å². The van der Waals surface area contributed by atoms with E-state index in [2.05, 4.69) is 10.9 Å². The summed E-state index contributed by atoms with van der Waals surface area (Å²) in [6, 6.07) is 3.64. The number of hydrogen-bond acceptors (Lipinski definition) is 3. The molecule has 0 bridgehead atoms. The highest BCUT2D eigenvalue weighted by Crippen LogP contribution is 2.09. The van der Waals surface area contributed by atoms with E-state index in [4.69, 9.17) is 12.2 Å². The van der Waals surface area contributed by atoms with Gasteiger partial charge in [0.1, 0.15) is 5.82 Å². The monoisotopic (exact) mass is 161 g/mol. The average molecular weight is 161 g/mol. The van der Waals surface area contributed by atoms with Gasteiger partial charge in [-0.2, -0.15) is 0 Å². The van der Waals surface area contributed by atoms with Gasteiger partial charge in [-0.05, 0) is 12.1 Å². The summed E-state index contributed by atoms with van der Waals surface area (Å²) in [5.41, 5.74) is 6.14. The van der Waals surface area contributed by atoms with Crippen LogP contribution >= 0.6 is 0 Å². The van der Waals surface area contributed by atoms with Crippen LogP contribution in [0.4, 0.5) is 11.5 Å². The van der Waals surface area contributed by atoms with Crippen molar-refractivity contribution in [3.05, 3.63) is 18.3 Å². The third-order valence-electron chi connectivity index (χ3n) is 1.49. The molecule has 12 heavy (non-hydrogen) atoms. The zero-order valence-corrected chi connectivity index (χ0v) is 6.99. The van der Waals surface area contributed by atoms with Crippen LogP contribution in [-0.2, 0) is 0 Å². The number of nitrogens with two attached hydrogens (primary N) is 1. The molecule has 0 aliphatic rings. The molecule has 0 aliphatic heterocycles. The van der Waals surface area contributed by atoms with E-state index in [-0.39, 0.29) is 0 Å². The van der Waals surface area contributed by atoms with E-state index in [0.717, 1.165) is 5.82 Å². The first-order valence-electron chi connectivity index (χ1n) is 3.60. The maximum Gasteiger partial charge on any atom is 0.129 e. The predicted molar refractivity (Wildman–Crippen MR) is 50.8 cm³/mol. The van der Waals surface area contributed by atoms with Crippen molar-refractivity contribution < 1.29 is 0 Å². The quantitative estimate of drug-likeness (QED) is 0.650. The first kappa shape index (κ1) is 8.41. The summed E-state index contributed by atoms with van der Waals surface area (Å²) < 4.78 is 0. The molecule has 0 aromatic carbocycles. The highest BCUT2D eigenvalue weighted by atomic mass is 15.1. The summed E-state index contributed by atoms with van der Waals surface area (Å²) >= 11 is 0. The van der Waals surface area contributed by atoms with Crippen molar-refractivity contribution in [2.24, 2.45) is 0 Å². The van der Waals surface area contributed by atoms with Crippen LogP contribution < -0.4 is 10.6 Å². The molecule has 2 N–H and O–H groups in total. The van der Waals surface area contributed by atoms with Gasteiger partial charge in [0.25, 0.3) is 0 Å². The molecule has 62 valence electrons. The first-order valence-corrected chi connectivity index (χ1v) is 3.60. The summed E-state index contributed by atoms with van der Waals surface area (Å²) in [4.78, 5) is 5.98. The Balaban J connectivity index is 2.76. The molecule has 0 saturated heterocycles. The van der Waals surface area contributed by atoms with Crippen molar-refractivity contribution in [3.63, 3.8) is 0 Å². The molecule has 0 saturated carbocycles. The molecule has 0 atom stereocenters. The van der Waals surface area contributed by atoms with Crippen LogP contribution in [0.25, 0.3) is 0 Å². The van der Waals surface area contributed by atoms with E-state index in [0.29, 0.717) is 12.2 Å². The molecule has 0 spiro atoms. The van der Waals surface area contributed by atoms with Crippen molar-refractivity contribution in [1.82, 2.24) is 4.98 Å². The van der Waals surface area contributed by atoms with Crippen LogP contribution in [0.1, 0.15) is 0 Å². The number of pyridine rings is 1. The minimum Gasteiger partial charge on any atom is -0.397 e. The molecular weight excluding hydrogens is 150 g/mol. The second kappa shape index (κ2) is 3.63. The molecule has 0 fully saturated rings. The second-order valence-corrected chi connectivity index (χ2v) is 2.51. The Bertz CT molecular complexity index is 284. The topological polar surface area (TPSA) is 42.1 Å². The lowest BCUT2D eigenvalue weighted by Gasteiger charge is -2.13. The van der Waals surface area contributed by atoms with Crippen LogP contribution in [0, 0.1) is 12.3 Å². The Morgan fingerprint density at radius 2 is 2.42 bits per heavy atom. The van der Waals surface area contributed by atoms with E-state index in [9.17, 15) is 0 Å². The van der Waals surface area contributed by atoms with Crippen molar-refractivity contribution in [3.8, 4) is 12.3 Å². The zero-order valence-electron chi connectivity index (χ0n) is 6.99. The SMILES string of the molecule is C#CCN(C)c1ccc(N)cn1. The molecule has 3 heteroatoms. The number of aromatic nitrogens is 1. The van der Waals surface area contributed by atoms with E-state index < -0.39 is 0 Å². The lowest BCUT2D eigenvalue weighted by molar-refractivity contribution is 1.01. The summed E-state index contributed by atoms with van der Waals surface area (Å²) in [7, 11) is 1.89. The number of nitrogens with zero attached hydrogens (tertiary/aromatic N) is 2. The van der Waals surface area contributed by atoms with E-state index in [1.165, 1.54) is 0 Å². The number of rotatable bonds is 2. The van der Waals surface area contributed by atoms with E-state index >= 15 is 0 Å². The lowest BCUT2D eigenvalue weighted by atomic mass is 10.4. The third kappa shape index (κ3) is 1.89. The minimum absolute atomic E-state index is 0.552. The highest BCUT2D eigenvalue weighted by Gasteiger charge is 1.98. The number of nitrogen functional groups attached to an aromatic ring is 1. The van der Waals surface area contributed by atoms with Gasteiger partial charge in [0.15, 0.2) is 0 Å². The molecule has 0 aliphatic carbocycles. The molecular formula is C9H11N3. The Hall–Kier alpha value is -1.69. The Kier molecular flexibility index (Phi) is 2.54. The zero-order chi connectivity index (χ0) is 8.97. The molecule has 1 aromatic heterocycles. The standard InChI is InChI=1S/C9H11N3/c1-3-6-12(2)9-5-4-8(10)7-11-9/h1,4-5,7H,6,10H2,2H3. The van der Waals surface area contributed by atoms with Crippen molar-refractivity contribution in [2.45, 2.75) is 0 Å². The van der Waals surface area contributed by atoms with Gasteiger partial charge in [0.2, 0.25) is 0 Å². The van der Waals surface area contributed by atoms with Crippen LogP contribution in [0.5, 0.6) is 0 Å². The van der Waals surface area contributed by atoms with Gasteiger partial charge in [0.05, 0.1) is 18.4 Å². The van der Waals surface area contributed by atoms with Crippen molar-refractivity contribution in [2.75, 3.05) is 24.2 Å². The highest BCUT2D eigenvalue weighted by molar-refractivity contribution is 5.45. The van der Waals surface area contributed by atoms with Gasteiger partial charge in [-0.3, -0.25) is 0 Å². The summed E-state index contributed by atoms with van der Waals surface area (Å²) in [6.45, 7) is 0.552. The molecule has 0 unspecified atom stereocenters. The van der Waals surface area contributed by atoms with Gasteiger partial charge in [-0.25, -0.2) is 4.98 Å². The van der Waals surface area contributed by atoms with Crippen LogP contribution in [0.3, 0.4) is 0 Å². The Labute approximate surface area is 72.2 Å². The largest absolute Gasteiger partial charge is 0.397 e. The van der Waals surface area contributed by atoms with E-state index in [1.54, 1.807) is 12.3 Å². The smallest absolute Gasteiger partial charge is 0.129 e. The number of hydrogen-bond donors (Lipinski definition) is 1. The number of terminal acetylenes is 1. The number of anilines is 2. The molecule has 1 heterocycles. The van der Waals surface area contributed by atoms with Gasteiger partial charge < -0.3 is 10.6 Å². The van der Waals surface area contributed by atoms with Crippen LogP contribution in [-0.4, -0.2) is 18.6 Å². The average Bonchev–Trinajstić information content (AvgIpc) is 2.06. The second-order valence-electron chi connectivity index (χ2n) is 2.51. The summed E-state index contributed by atoms with van der Waals surface area (Å²) in [5.74, 6) is 3.37. The van der Waals surface area contributed by atoms with Crippen LogP contribution in [0.2, 0.25) is 0 Å². The van der Waals surface area contributed by atoms with Crippen molar-refractivity contribution in [1.29, 1.82) is 0 Å². The molecule has 0 amide bonds. The molecule has 1 aromatic rings. The maximum atomic E-state index is 5.48. The minimum atomic E-state index is 0.552. The fourth-order valence-corrected chi connectivity index (χ4v) is 0.841. The maximum absolute atomic E-state index is 5.48. The summed E-state index contributed by atoms with van der Waals surface area (Å²) in [5, 5.41) is 0. The molecule has 3 nitrogen and oxygen atoms in total. The third-order valence-corrected chi connectivity index (χ3v) is 1.49. The van der Waals surface area contributed by atoms with Gasteiger partial charge in [-0.1, -0.05) is 5.92 Å². The molecule has 0 radical (unpaired) electrons. The lowest BCUT2D eigenvalue weighted by Crippen LogP contribution is -2.18. The van der Waals surface area contributed by atoms with Crippen molar-refractivity contribution >= 4 is 11.5 Å². The fourth-order valence-electron chi connectivity index (χ4n) is 0.841. The van der Waals surface area contributed by atoms with Gasteiger partial charge in [-0.15, -0.1) is 6.42 Å². The molecule has 1 rings (SSSR count). The first-order chi connectivity index (χ1) is 5.74. The summed E-state index contributed by atoms with van der Waals surface area (Å²) in [6.07, 6.45) is 6.77.